The predicted octanol–water partition coefficient (Wildman–Crippen LogP) is 2.42. The number of rotatable bonds is 7. The standard InChI is InChI=1S/C23H29N3O5S2/c1-17-14-20(26-23(27)18(2)16-32(26,28)29)10-11-22(17)33(30,31)24-15-21(25-12-6-7-13-25)19-8-4-3-5-9-19/h3-5,8-11,14,18,21,24H,6-7,12-13,15-16H2,1-2H3. The maximum atomic E-state index is 13.2. The Morgan fingerprint density at radius 2 is 1.76 bits per heavy atom. The summed E-state index contributed by atoms with van der Waals surface area (Å²) in [5, 5.41) is 0. The summed E-state index contributed by atoms with van der Waals surface area (Å²) in [4.78, 5) is 14.7. The van der Waals surface area contributed by atoms with Crippen LogP contribution in [-0.2, 0) is 24.8 Å². The van der Waals surface area contributed by atoms with Crippen LogP contribution in [0.25, 0.3) is 0 Å². The average molecular weight is 492 g/mol. The van der Waals surface area contributed by atoms with Gasteiger partial charge < -0.3 is 0 Å². The van der Waals surface area contributed by atoms with Gasteiger partial charge in [-0.25, -0.2) is 25.9 Å². The highest BCUT2D eigenvalue weighted by Crippen LogP contribution is 2.31. The monoisotopic (exact) mass is 491 g/mol. The van der Waals surface area contributed by atoms with Crippen LogP contribution in [0.15, 0.2) is 53.4 Å². The number of carbonyl (C=O) groups is 1. The summed E-state index contributed by atoms with van der Waals surface area (Å²) >= 11 is 0. The molecule has 2 saturated heterocycles. The van der Waals surface area contributed by atoms with E-state index in [1.165, 1.54) is 18.2 Å². The molecule has 1 N–H and O–H groups in total. The molecule has 8 nitrogen and oxygen atoms in total. The lowest BCUT2D eigenvalue weighted by molar-refractivity contribution is -0.119. The van der Waals surface area contributed by atoms with Crippen molar-refractivity contribution in [3.05, 3.63) is 59.7 Å². The van der Waals surface area contributed by atoms with Gasteiger partial charge in [-0.2, -0.15) is 0 Å². The van der Waals surface area contributed by atoms with Crippen LogP contribution in [0.5, 0.6) is 0 Å². The minimum absolute atomic E-state index is 0.0663. The number of nitrogens with zero attached hydrogens (tertiary/aromatic N) is 2. The van der Waals surface area contributed by atoms with Gasteiger partial charge in [0.25, 0.3) is 0 Å². The number of likely N-dealkylation sites (tertiary alicyclic amines) is 1. The molecule has 1 amide bonds. The van der Waals surface area contributed by atoms with Crippen molar-refractivity contribution in [2.45, 2.75) is 37.6 Å². The van der Waals surface area contributed by atoms with Crippen molar-refractivity contribution in [3.63, 3.8) is 0 Å². The minimum Gasteiger partial charge on any atom is -0.295 e. The van der Waals surface area contributed by atoms with E-state index in [0.29, 0.717) is 5.56 Å². The fourth-order valence-electron chi connectivity index (χ4n) is 4.60. The fourth-order valence-corrected chi connectivity index (χ4v) is 7.68. The number of nitrogens with one attached hydrogen (secondary N) is 1. The van der Waals surface area contributed by atoms with Crippen molar-refractivity contribution in [1.82, 2.24) is 9.62 Å². The smallest absolute Gasteiger partial charge is 0.244 e. The van der Waals surface area contributed by atoms with Crippen molar-refractivity contribution in [1.29, 1.82) is 0 Å². The molecule has 2 aromatic rings. The fraction of sp³-hybridized carbons (Fsp3) is 0.435. The Kier molecular flexibility index (Phi) is 6.63. The van der Waals surface area contributed by atoms with E-state index in [1.807, 2.05) is 30.3 Å². The van der Waals surface area contributed by atoms with Crippen LogP contribution in [0.4, 0.5) is 5.69 Å². The molecule has 2 heterocycles. The maximum Gasteiger partial charge on any atom is 0.244 e. The zero-order valence-electron chi connectivity index (χ0n) is 18.8. The summed E-state index contributed by atoms with van der Waals surface area (Å²) in [6.45, 7) is 5.24. The second kappa shape index (κ2) is 9.17. The largest absolute Gasteiger partial charge is 0.295 e. The zero-order valence-corrected chi connectivity index (χ0v) is 20.4. The first-order chi connectivity index (χ1) is 15.6. The van der Waals surface area contributed by atoms with Crippen LogP contribution in [0.2, 0.25) is 0 Å². The lowest BCUT2D eigenvalue weighted by Gasteiger charge is -2.28. The molecular formula is C23H29N3O5S2. The molecule has 33 heavy (non-hydrogen) atoms. The summed E-state index contributed by atoms with van der Waals surface area (Å²) in [6, 6.07) is 14.0. The number of aryl methyl sites for hydroxylation is 1. The average Bonchev–Trinajstić information content (AvgIpc) is 3.35. The first-order valence-electron chi connectivity index (χ1n) is 11.1. The Morgan fingerprint density at radius 1 is 1.09 bits per heavy atom. The van der Waals surface area contributed by atoms with Gasteiger partial charge in [-0.3, -0.25) is 9.69 Å². The molecule has 2 aromatic carbocycles. The van der Waals surface area contributed by atoms with Gasteiger partial charge in [-0.05, 0) is 62.2 Å². The first-order valence-corrected chi connectivity index (χ1v) is 14.2. The van der Waals surface area contributed by atoms with Gasteiger partial charge in [0.15, 0.2) is 0 Å². The maximum absolute atomic E-state index is 13.2. The van der Waals surface area contributed by atoms with E-state index in [1.54, 1.807) is 13.8 Å². The quantitative estimate of drug-likeness (QED) is 0.638. The molecule has 2 aliphatic heterocycles. The van der Waals surface area contributed by atoms with Crippen LogP contribution in [0.1, 0.15) is 36.9 Å². The number of anilines is 1. The molecule has 0 saturated carbocycles. The molecule has 2 atom stereocenters. The predicted molar refractivity (Wildman–Crippen MR) is 127 cm³/mol. The van der Waals surface area contributed by atoms with Crippen LogP contribution in [0, 0.1) is 12.8 Å². The normalized spacial score (nSPS) is 22.1. The van der Waals surface area contributed by atoms with Crippen molar-refractivity contribution >= 4 is 31.6 Å². The number of carbonyl (C=O) groups excluding carboxylic acids is 1. The van der Waals surface area contributed by atoms with Gasteiger partial charge in [0, 0.05) is 12.6 Å². The number of sulfonamides is 2. The third-order valence-electron chi connectivity index (χ3n) is 6.28. The molecule has 10 heteroatoms. The SMILES string of the molecule is Cc1cc(N2C(=O)C(C)CS2(=O)=O)ccc1S(=O)(=O)NCC(c1ccccc1)N1CCCC1. The number of amides is 1. The van der Waals surface area contributed by atoms with Crippen molar-refractivity contribution in [3.8, 4) is 0 Å². The Bertz CT molecular complexity index is 1240. The molecular weight excluding hydrogens is 462 g/mol. The van der Waals surface area contributed by atoms with Crippen LogP contribution in [-0.4, -0.2) is 53.0 Å². The van der Waals surface area contributed by atoms with Crippen molar-refractivity contribution in [2.24, 2.45) is 5.92 Å². The molecule has 2 fully saturated rings. The van der Waals surface area contributed by atoms with Crippen LogP contribution >= 0.6 is 0 Å². The minimum atomic E-state index is -3.85. The zero-order chi connectivity index (χ0) is 23.8. The van der Waals surface area contributed by atoms with Gasteiger partial charge in [-0.1, -0.05) is 37.3 Å². The molecule has 0 radical (unpaired) electrons. The second-order valence-electron chi connectivity index (χ2n) is 8.75. The lowest BCUT2D eigenvalue weighted by atomic mass is 10.1. The summed E-state index contributed by atoms with van der Waals surface area (Å²) < 4.78 is 54.6. The molecule has 2 aliphatic rings. The number of hydrogen-bond acceptors (Lipinski definition) is 6. The number of benzene rings is 2. The highest BCUT2D eigenvalue weighted by atomic mass is 32.2. The molecule has 0 bridgehead atoms. The van der Waals surface area contributed by atoms with Gasteiger partial charge in [0.2, 0.25) is 26.0 Å². The molecule has 2 unspecified atom stereocenters. The highest BCUT2D eigenvalue weighted by molar-refractivity contribution is 7.94. The third-order valence-corrected chi connectivity index (χ3v) is 9.73. The van der Waals surface area contributed by atoms with Gasteiger partial charge in [-0.15, -0.1) is 0 Å². The summed E-state index contributed by atoms with van der Waals surface area (Å²) in [5.41, 5.74) is 1.60. The Hall–Kier alpha value is -2.27. The van der Waals surface area contributed by atoms with E-state index in [0.717, 1.165) is 35.8 Å². The van der Waals surface area contributed by atoms with Crippen LogP contribution < -0.4 is 9.03 Å². The Balaban J connectivity index is 1.56. The summed E-state index contributed by atoms with van der Waals surface area (Å²) in [5.74, 6) is -1.37. The summed E-state index contributed by atoms with van der Waals surface area (Å²) in [7, 11) is -7.60. The third kappa shape index (κ3) is 4.84. The van der Waals surface area contributed by atoms with E-state index in [9.17, 15) is 21.6 Å². The molecule has 0 aliphatic carbocycles. The van der Waals surface area contributed by atoms with Crippen LogP contribution in [0.3, 0.4) is 0 Å². The summed E-state index contributed by atoms with van der Waals surface area (Å²) in [6.07, 6.45) is 2.18. The molecule has 0 spiro atoms. The van der Waals surface area contributed by atoms with Gasteiger partial charge in [0.05, 0.1) is 22.3 Å². The van der Waals surface area contributed by atoms with Gasteiger partial charge in [0.1, 0.15) is 0 Å². The topological polar surface area (TPSA) is 104 Å². The Labute approximate surface area is 195 Å². The van der Waals surface area contributed by atoms with Gasteiger partial charge >= 0.3 is 0 Å². The van der Waals surface area contributed by atoms with E-state index in [2.05, 4.69) is 9.62 Å². The Morgan fingerprint density at radius 3 is 2.33 bits per heavy atom. The van der Waals surface area contributed by atoms with Crippen molar-refractivity contribution < 1.29 is 21.6 Å². The molecule has 4 rings (SSSR count). The van der Waals surface area contributed by atoms with E-state index in [-0.39, 0.29) is 28.9 Å². The lowest BCUT2D eigenvalue weighted by Crippen LogP contribution is -2.37. The van der Waals surface area contributed by atoms with Crippen molar-refractivity contribution in [2.75, 3.05) is 29.7 Å². The van der Waals surface area contributed by atoms with E-state index >= 15 is 0 Å². The first kappa shape index (κ1) is 23.9. The second-order valence-corrected chi connectivity index (χ2v) is 12.4. The van der Waals surface area contributed by atoms with E-state index in [4.69, 9.17) is 0 Å². The number of hydrogen-bond donors (Lipinski definition) is 1. The molecule has 178 valence electrons. The highest BCUT2D eigenvalue weighted by Gasteiger charge is 2.42. The van der Waals surface area contributed by atoms with E-state index < -0.39 is 31.9 Å². The molecule has 0 aromatic heterocycles.